The Morgan fingerprint density at radius 3 is 2.41 bits per heavy atom. The molecule has 0 aliphatic rings. The minimum absolute atomic E-state index is 0.0173. The number of thioether (sulfide) groups is 1. The second kappa shape index (κ2) is 9.44. The highest BCUT2D eigenvalue weighted by Crippen LogP contribution is 2.25. The largest absolute Gasteiger partial charge is 0.325 e. The molecule has 0 saturated carbocycles. The Kier molecular flexibility index (Phi) is 6.58. The predicted molar refractivity (Wildman–Crippen MR) is 136 cm³/mol. The van der Waals surface area contributed by atoms with E-state index in [1.807, 2.05) is 38.1 Å². The van der Waals surface area contributed by atoms with Gasteiger partial charge in [0.05, 0.1) is 27.2 Å². The summed E-state index contributed by atoms with van der Waals surface area (Å²) in [6.45, 7) is 3.93. The van der Waals surface area contributed by atoms with E-state index in [-0.39, 0.29) is 22.1 Å². The average Bonchev–Trinajstić information content (AvgIpc) is 2.80. The van der Waals surface area contributed by atoms with Crippen LogP contribution in [0.25, 0.3) is 16.6 Å². The van der Waals surface area contributed by atoms with Crippen LogP contribution >= 0.6 is 11.8 Å². The summed E-state index contributed by atoms with van der Waals surface area (Å²) in [7, 11) is -3.31. The molecule has 0 fully saturated rings. The number of carbonyl (C=O) groups excluding carboxylic acids is 1. The number of fused-ring (bicyclic) bond motifs is 1. The van der Waals surface area contributed by atoms with Crippen molar-refractivity contribution in [2.45, 2.75) is 23.9 Å². The number of rotatable bonds is 6. The highest BCUT2D eigenvalue weighted by atomic mass is 32.2. The van der Waals surface area contributed by atoms with E-state index in [2.05, 4.69) is 10.3 Å². The van der Waals surface area contributed by atoms with Gasteiger partial charge in [-0.2, -0.15) is 0 Å². The molecule has 174 valence electrons. The first kappa shape index (κ1) is 23.7. The van der Waals surface area contributed by atoms with Crippen LogP contribution < -0.4 is 10.9 Å². The third-order valence-corrected chi connectivity index (χ3v) is 7.53. The Morgan fingerprint density at radius 1 is 1.00 bits per heavy atom. The van der Waals surface area contributed by atoms with E-state index in [4.69, 9.17) is 0 Å². The third-order valence-electron chi connectivity index (χ3n) is 5.46. The Hall–Kier alpha value is -3.43. The number of hydrogen-bond donors (Lipinski definition) is 1. The summed E-state index contributed by atoms with van der Waals surface area (Å²) in [5.74, 6) is -0.282. The molecule has 1 heterocycles. The molecule has 0 unspecified atom stereocenters. The number of aromatic nitrogens is 2. The van der Waals surface area contributed by atoms with Gasteiger partial charge in [-0.05, 0) is 67.4 Å². The lowest BCUT2D eigenvalue weighted by Gasteiger charge is -2.16. The molecular formula is C25H23N3O4S2. The molecule has 3 aromatic carbocycles. The first-order chi connectivity index (χ1) is 16.1. The summed E-state index contributed by atoms with van der Waals surface area (Å²) in [4.78, 5) is 30.9. The van der Waals surface area contributed by atoms with E-state index < -0.39 is 9.84 Å². The zero-order valence-electron chi connectivity index (χ0n) is 18.9. The highest BCUT2D eigenvalue weighted by molar-refractivity contribution is 7.99. The van der Waals surface area contributed by atoms with Gasteiger partial charge < -0.3 is 5.32 Å². The molecule has 0 atom stereocenters. The molecule has 7 nitrogen and oxygen atoms in total. The van der Waals surface area contributed by atoms with Gasteiger partial charge in [-0.25, -0.2) is 13.4 Å². The van der Waals surface area contributed by atoms with Gasteiger partial charge in [-0.1, -0.05) is 36.0 Å². The number of amides is 1. The normalized spacial score (nSPS) is 11.5. The van der Waals surface area contributed by atoms with Crippen molar-refractivity contribution in [3.63, 3.8) is 0 Å². The van der Waals surface area contributed by atoms with Gasteiger partial charge in [-0.3, -0.25) is 14.2 Å². The second-order valence-corrected chi connectivity index (χ2v) is 10.9. The monoisotopic (exact) mass is 493 g/mol. The molecule has 0 radical (unpaired) electrons. The summed E-state index contributed by atoms with van der Waals surface area (Å²) >= 11 is 1.16. The van der Waals surface area contributed by atoms with Crippen molar-refractivity contribution in [2.75, 3.05) is 17.3 Å². The molecule has 0 aliphatic carbocycles. The number of anilines is 1. The Balaban J connectivity index is 1.64. The number of aryl methyl sites for hydroxylation is 1. The van der Waals surface area contributed by atoms with Crippen LogP contribution in [0, 0.1) is 13.8 Å². The van der Waals surface area contributed by atoms with Crippen LogP contribution in [0.3, 0.4) is 0 Å². The molecule has 1 N–H and O–H groups in total. The standard InChI is InChI=1S/C25H23N3O4S2/c1-16-7-6-10-22(17(16)2)28-24(30)20-8-4-5-9-21(20)27-25(28)33-15-23(29)26-18-11-13-19(14-12-18)34(3,31)32/h4-14H,15H2,1-3H3,(H,26,29). The first-order valence-corrected chi connectivity index (χ1v) is 13.3. The molecule has 4 rings (SSSR count). The lowest BCUT2D eigenvalue weighted by molar-refractivity contribution is -0.113. The number of sulfone groups is 1. The van der Waals surface area contributed by atoms with Gasteiger partial charge in [0, 0.05) is 11.9 Å². The van der Waals surface area contributed by atoms with E-state index in [0.717, 1.165) is 34.8 Å². The topological polar surface area (TPSA) is 98.1 Å². The lowest BCUT2D eigenvalue weighted by atomic mass is 10.1. The third kappa shape index (κ3) is 4.90. The Morgan fingerprint density at radius 2 is 1.71 bits per heavy atom. The number of nitrogens with zero attached hydrogens (tertiary/aromatic N) is 2. The zero-order valence-corrected chi connectivity index (χ0v) is 20.5. The highest BCUT2D eigenvalue weighted by Gasteiger charge is 2.17. The van der Waals surface area contributed by atoms with Crippen LogP contribution in [-0.2, 0) is 14.6 Å². The van der Waals surface area contributed by atoms with Gasteiger partial charge in [0.15, 0.2) is 15.0 Å². The molecule has 0 saturated heterocycles. The van der Waals surface area contributed by atoms with E-state index >= 15 is 0 Å². The van der Waals surface area contributed by atoms with Crippen molar-refractivity contribution in [2.24, 2.45) is 0 Å². The molecule has 34 heavy (non-hydrogen) atoms. The van der Waals surface area contributed by atoms with Gasteiger partial charge in [-0.15, -0.1) is 0 Å². The van der Waals surface area contributed by atoms with Gasteiger partial charge >= 0.3 is 0 Å². The number of nitrogens with one attached hydrogen (secondary N) is 1. The van der Waals surface area contributed by atoms with Crippen LogP contribution in [0.5, 0.6) is 0 Å². The number of carbonyl (C=O) groups is 1. The van der Waals surface area contributed by atoms with Crippen molar-refractivity contribution < 1.29 is 13.2 Å². The maximum absolute atomic E-state index is 13.4. The zero-order chi connectivity index (χ0) is 24.5. The van der Waals surface area contributed by atoms with E-state index in [1.165, 1.54) is 12.1 Å². The fourth-order valence-corrected chi connectivity index (χ4v) is 4.95. The van der Waals surface area contributed by atoms with Crippen molar-refractivity contribution in [1.29, 1.82) is 0 Å². The van der Waals surface area contributed by atoms with Crippen molar-refractivity contribution in [3.05, 3.63) is 88.2 Å². The van der Waals surface area contributed by atoms with Crippen LogP contribution in [0.15, 0.2) is 81.6 Å². The van der Waals surface area contributed by atoms with Gasteiger partial charge in [0.25, 0.3) is 5.56 Å². The van der Waals surface area contributed by atoms with E-state index in [1.54, 1.807) is 34.9 Å². The SMILES string of the molecule is Cc1cccc(-n2c(SCC(=O)Nc3ccc(S(C)(=O)=O)cc3)nc3ccccc3c2=O)c1C. The fourth-order valence-electron chi connectivity index (χ4n) is 3.51. The summed E-state index contributed by atoms with van der Waals surface area (Å²) < 4.78 is 24.8. The fraction of sp³-hybridized carbons (Fsp3) is 0.160. The van der Waals surface area contributed by atoms with E-state index in [0.29, 0.717) is 21.7 Å². The molecule has 0 spiro atoms. The van der Waals surface area contributed by atoms with Crippen molar-refractivity contribution in [3.8, 4) is 5.69 Å². The molecular weight excluding hydrogens is 470 g/mol. The molecule has 1 aromatic heterocycles. The molecule has 4 aromatic rings. The number of hydrogen-bond acceptors (Lipinski definition) is 6. The molecule has 9 heteroatoms. The summed E-state index contributed by atoms with van der Waals surface area (Å²) in [6, 6.07) is 18.8. The van der Waals surface area contributed by atoms with Gasteiger partial charge in [0.2, 0.25) is 5.91 Å². The summed E-state index contributed by atoms with van der Waals surface area (Å²) in [6.07, 6.45) is 1.13. The predicted octanol–water partition coefficient (Wildman–Crippen LogP) is 4.14. The van der Waals surface area contributed by atoms with Crippen LogP contribution in [0.4, 0.5) is 5.69 Å². The second-order valence-electron chi connectivity index (χ2n) is 7.90. The maximum atomic E-state index is 13.4. The lowest BCUT2D eigenvalue weighted by Crippen LogP contribution is -2.23. The minimum Gasteiger partial charge on any atom is -0.325 e. The minimum atomic E-state index is -3.31. The quantitative estimate of drug-likeness (QED) is 0.320. The Bertz CT molecular complexity index is 1560. The average molecular weight is 494 g/mol. The van der Waals surface area contributed by atoms with E-state index in [9.17, 15) is 18.0 Å². The van der Waals surface area contributed by atoms with Crippen molar-refractivity contribution in [1.82, 2.24) is 9.55 Å². The molecule has 1 amide bonds. The summed E-state index contributed by atoms with van der Waals surface area (Å²) in [5, 5.41) is 3.67. The van der Waals surface area contributed by atoms with Crippen LogP contribution in [0.1, 0.15) is 11.1 Å². The number of para-hydroxylation sites is 1. The number of benzene rings is 3. The molecule has 0 bridgehead atoms. The maximum Gasteiger partial charge on any atom is 0.266 e. The van der Waals surface area contributed by atoms with Crippen LogP contribution in [-0.4, -0.2) is 35.9 Å². The Labute approximate surface area is 201 Å². The van der Waals surface area contributed by atoms with Gasteiger partial charge in [0.1, 0.15) is 0 Å². The first-order valence-electron chi connectivity index (χ1n) is 10.5. The van der Waals surface area contributed by atoms with Crippen LogP contribution in [0.2, 0.25) is 0 Å². The summed E-state index contributed by atoms with van der Waals surface area (Å²) in [5.41, 5.74) is 3.58. The van der Waals surface area contributed by atoms with Crippen molar-refractivity contribution >= 4 is 44.1 Å². The smallest absolute Gasteiger partial charge is 0.266 e. The molecule has 0 aliphatic heterocycles.